The number of rotatable bonds is 4. The molecule has 1 aromatic heterocycles. The molecular weight excluding hydrogens is 552 g/mol. The van der Waals surface area contributed by atoms with Gasteiger partial charge in [0.25, 0.3) is 5.56 Å². The number of halogens is 1. The smallest absolute Gasteiger partial charge is 0.271 e. The van der Waals surface area contributed by atoms with E-state index in [1.54, 1.807) is 37.0 Å². The maximum Gasteiger partial charge on any atom is 0.271 e. The molecule has 1 unspecified atom stereocenters. The summed E-state index contributed by atoms with van der Waals surface area (Å²) in [5.74, 6) is 1.38. The van der Waals surface area contributed by atoms with Gasteiger partial charge in [0, 0.05) is 11.1 Å². The van der Waals surface area contributed by atoms with E-state index in [4.69, 9.17) is 14.5 Å². The van der Waals surface area contributed by atoms with E-state index in [0.717, 1.165) is 40.8 Å². The van der Waals surface area contributed by atoms with Crippen LogP contribution >= 0.6 is 27.3 Å². The lowest BCUT2D eigenvalue weighted by atomic mass is 9.83. The summed E-state index contributed by atoms with van der Waals surface area (Å²) >= 11 is 4.72. The van der Waals surface area contributed by atoms with E-state index in [-0.39, 0.29) is 17.4 Å². The van der Waals surface area contributed by atoms with Crippen LogP contribution in [0.5, 0.6) is 17.2 Å². The number of hydrogen-bond donors (Lipinski definition) is 1. The number of para-hydroxylation sites is 1. The van der Waals surface area contributed by atoms with Crippen LogP contribution in [0.25, 0.3) is 11.8 Å². The van der Waals surface area contributed by atoms with Gasteiger partial charge in [0.2, 0.25) is 0 Å². The first-order valence-electron chi connectivity index (χ1n) is 11.8. The molecule has 3 aromatic carbocycles. The van der Waals surface area contributed by atoms with Crippen LogP contribution in [0, 0.1) is 0 Å². The number of ether oxygens (including phenoxy) is 2. The quantitative estimate of drug-likeness (QED) is 0.380. The zero-order valence-corrected chi connectivity index (χ0v) is 22.6. The number of phenolic OH excluding ortho intramolecular Hbond substituents is 1. The van der Waals surface area contributed by atoms with Gasteiger partial charge >= 0.3 is 0 Å². The van der Waals surface area contributed by atoms with Crippen LogP contribution in [0.2, 0.25) is 0 Å². The Morgan fingerprint density at radius 2 is 1.92 bits per heavy atom. The van der Waals surface area contributed by atoms with Crippen molar-refractivity contribution in [1.82, 2.24) is 4.57 Å². The van der Waals surface area contributed by atoms with Crippen molar-refractivity contribution in [3.8, 4) is 17.2 Å². The monoisotopic (exact) mass is 574 g/mol. The molecule has 4 aromatic rings. The standard InChI is InChI=1S/C29H23BrN2O4S/c1-35-23-9-5-8-20(27(23)36-2)26-19-12-11-17-6-3-4-7-18(17)25(19)31-29-32(26)28(34)24(37-29)15-16-10-13-22(33)21(30)14-16/h3-10,13-15,26,33H,11-12H2,1-2H3. The molecule has 0 bridgehead atoms. The molecule has 1 aliphatic carbocycles. The van der Waals surface area contributed by atoms with Crippen LogP contribution in [0.3, 0.4) is 0 Å². The fourth-order valence-electron chi connectivity index (χ4n) is 5.19. The highest BCUT2D eigenvalue weighted by Crippen LogP contribution is 2.45. The molecule has 0 spiro atoms. The zero-order valence-electron chi connectivity index (χ0n) is 20.2. The van der Waals surface area contributed by atoms with Crippen molar-refractivity contribution in [2.75, 3.05) is 14.2 Å². The topological polar surface area (TPSA) is 73.0 Å². The molecule has 8 heteroatoms. The molecule has 0 fully saturated rings. The molecule has 2 aliphatic rings. The highest BCUT2D eigenvalue weighted by molar-refractivity contribution is 9.10. The van der Waals surface area contributed by atoms with Gasteiger partial charge in [0.05, 0.1) is 35.0 Å². The number of aryl methyl sites for hydroxylation is 1. The number of allylic oxidation sites excluding steroid dienone is 1. The minimum absolute atomic E-state index is 0.117. The van der Waals surface area contributed by atoms with Gasteiger partial charge in [-0.05, 0) is 69.7 Å². The predicted molar refractivity (Wildman–Crippen MR) is 148 cm³/mol. The van der Waals surface area contributed by atoms with Crippen LogP contribution in [-0.2, 0) is 6.42 Å². The molecule has 0 saturated carbocycles. The number of benzene rings is 3. The van der Waals surface area contributed by atoms with Gasteiger partial charge < -0.3 is 14.6 Å². The number of aromatic hydroxyl groups is 1. The third kappa shape index (κ3) is 3.91. The number of methoxy groups -OCH3 is 2. The summed E-state index contributed by atoms with van der Waals surface area (Å²) in [6.07, 6.45) is 3.50. The van der Waals surface area contributed by atoms with Gasteiger partial charge in [0.15, 0.2) is 16.3 Å². The Morgan fingerprint density at radius 3 is 2.70 bits per heavy atom. The molecule has 1 N–H and O–H groups in total. The lowest BCUT2D eigenvalue weighted by Crippen LogP contribution is -2.39. The van der Waals surface area contributed by atoms with E-state index in [1.807, 2.05) is 30.3 Å². The fourth-order valence-corrected chi connectivity index (χ4v) is 6.59. The molecule has 0 saturated heterocycles. The summed E-state index contributed by atoms with van der Waals surface area (Å²) < 4.78 is 14.4. The Labute approximate surface area is 225 Å². The zero-order chi connectivity index (χ0) is 25.7. The summed E-state index contributed by atoms with van der Waals surface area (Å²) in [5.41, 5.74) is 5.94. The van der Waals surface area contributed by atoms with Gasteiger partial charge in [-0.15, -0.1) is 0 Å². The van der Waals surface area contributed by atoms with Gasteiger partial charge in [0.1, 0.15) is 5.75 Å². The van der Waals surface area contributed by atoms with Crippen molar-refractivity contribution in [3.63, 3.8) is 0 Å². The Morgan fingerprint density at radius 1 is 1.08 bits per heavy atom. The molecule has 1 atom stereocenters. The largest absolute Gasteiger partial charge is 0.507 e. The molecule has 6 rings (SSSR count). The second-order valence-electron chi connectivity index (χ2n) is 8.91. The third-order valence-corrected chi connectivity index (χ3v) is 8.49. The van der Waals surface area contributed by atoms with E-state index >= 15 is 0 Å². The number of thiazole rings is 1. The number of phenols is 1. The van der Waals surface area contributed by atoms with Crippen LogP contribution in [0.4, 0.5) is 0 Å². The van der Waals surface area contributed by atoms with Crippen molar-refractivity contribution >= 4 is 39.0 Å². The fraction of sp³-hybridized carbons (Fsp3) is 0.172. The lowest BCUT2D eigenvalue weighted by molar-refractivity contribution is 0.348. The normalized spacial score (nSPS) is 16.5. The molecular formula is C29H23BrN2O4S. The Balaban J connectivity index is 1.65. The summed E-state index contributed by atoms with van der Waals surface area (Å²) in [7, 11) is 3.24. The van der Waals surface area contributed by atoms with E-state index in [2.05, 4.69) is 34.1 Å². The first-order valence-corrected chi connectivity index (χ1v) is 13.4. The predicted octanol–water partition coefficient (Wildman–Crippen LogP) is 4.80. The first-order chi connectivity index (χ1) is 18.0. The highest BCUT2D eigenvalue weighted by Gasteiger charge is 2.34. The highest BCUT2D eigenvalue weighted by atomic mass is 79.9. The lowest BCUT2D eigenvalue weighted by Gasteiger charge is -2.31. The number of hydrogen-bond acceptors (Lipinski definition) is 6. The number of aromatic nitrogens is 1. The second-order valence-corrected chi connectivity index (χ2v) is 10.8. The Bertz CT molecular complexity index is 1770. The average Bonchev–Trinajstić information content (AvgIpc) is 3.23. The number of fused-ring (bicyclic) bond motifs is 3. The van der Waals surface area contributed by atoms with Crippen LogP contribution < -0.4 is 24.4 Å². The van der Waals surface area contributed by atoms with Crippen molar-refractivity contribution in [1.29, 1.82) is 0 Å². The van der Waals surface area contributed by atoms with Crippen LogP contribution in [0.1, 0.15) is 34.7 Å². The molecule has 0 amide bonds. The van der Waals surface area contributed by atoms with Crippen LogP contribution in [-0.4, -0.2) is 23.9 Å². The molecule has 186 valence electrons. The van der Waals surface area contributed by atoms with Crippen molar-refractivity contribution in [3.05, 3.63) is 113 Å². The first kappa shape index (κ1) is 23.8. The van der Waals surface area contributed by atoms with Crippen LogP contribution in [0.15, 0.2) is 80.5 Å². The van der Waals surface area contributed by atoms with Gasteiger partial charge in [-0.2, -0.15) is 0 Å². The Kier molecular flexibility index (Phi) is 6.01. The summed E-state index contributed by atoms with van der Waals surface area (Å²) in [6.45, 7) is 0. The minimum Gasteiger partial charge on any atom is -0.507 e. The molecule has 2 heterocycles. The van der Waals surface area contributed by atoms with E-state index < -0.39 is 0 Å². The Hall–Kier alpha value is -3.62. The number of nitrogens with zero attached hydrogens (tertiary/aromatic N) is 2. The SMILES string of the molecule is COc1cccc(C2C3=C(N=c4sc(=Cc5ccc(O)c(Br)c5)c(=O)n42)c2ccccc2CC3)c1OC. The van der Waals surface area contributed by atoms with E-state index in [0.29, 0.717) is 25.3 Å². The van der Waals surface area contributed by atoms with Crippen molar-refractivity contribution in [2.45, 2.75) is 18.9 Å². The molecule has 1 aliphatic heterocycles. The van der Waals surface area contributed by atoms with Crippen molar-refractivity contribution < 1.29 is 14.6 Å². The summed E-state index contributed by atoms with van der Waals surface area (Å²) in [6, 6.07) is 18.9. The third-order valence-electron chi connectivity index (χ3n) is 6.87. The molecule has 0 radical (unpaired) electrons. The van der Waals surface area contributed by atoms with Gasteiger partial charge in [-0.25, -0.2) is 4.99 Å². The maximum atomic E-state index is 14.0. The van der Waals surface area contributed by atoms with Gasteiger partial charge in [-0.3, -0.25) is 9.36 Å². The summed E-state index contributed by atoms with van der Waals surface area (Å²) in [5, 5.41) is 9.88. The van der Waals surface area contributed by atoms with E-state index in [9.17, 15) is 9.90 Å². The molecule has 37 heavy (non-hydrogen) atoms. The summed E-state index contributed by atoms with van der Waals surface area (Å²) in [4.78, 5) is 19.6. The second kappa shape index (κ2) is 9.36. The minimum atomic E-state index is -0.377. The van der Waals surface area contributed by atoms with Gasteiger partial charge in [-0.1, -0.05) is 53.8 Å². The van der Waals surface area contributed by atoms with Crippen molar-refractivity contribution in [2.24, 2.45) is 4.99 Å². The van der Waals surface area contributed by atoms with E-state index in [1.165, 1.54) is 16.9 Å². The maximum absolute atomic E-state index is 14.0. The average molecular weight is 575 g/mol. The molecule has 6 nitrogen and oxygen atoms in total.